The fourth-order valence-electron chi connectivity index (χ4n) is 0.836. The summed E-state index contributed by atoms with van der Waals surface area (Å²) in [4.78, 5) is 2.09. The first-order valence-corrected chi connectivity index (χ1v) is 4.39. The molecule has 0 saturated heterocycles. The van der Waals surface area contributed by atoms with Gasteiger partial charge in [-0.3, -0.25) is 0 Å². The molecular weight excluding hydrogens is 146 g/mol. The topological polar surface area (TPSA) is 55.3 Å². The molecule has 10 heavy (non-hydrogen) atoms. The minimum absolute atomic E-state index is 0.108. The average Bonchev–Trinajstić information content (AvgIpc) is 2.38. The lowest BCUT2D eigenvalue weighted by Crippen LogP contribution is -2.38. The number of rotatable bonds is 3. The van der Waals surface area contributed by atoms with Gasteiger partial charge in [-0.1, -0.05) is 0 Å². The summed E-state index contributed by atoms with van der Waals surface area (Å²) >= 11 is 1.76. The van der Waals surface area contributed by atoms with Gasteiger partial charge in [0.05, 0.1) is 12.0 Å². The standard InChI is InChI=1S/C6H13N3S/c7-2-1-6(8)9-3-4-10-5-9/h3-4,6H,1-2,5,7-8H2. The van der Waals surface area contributed by atoms with Crippen LogP contribution in [0.5, 0.6) is 0 Å². The van der Waals surface area contributed by atoms with Crippen molar-refractivity contribution in [3.63, 3.8) is 0 Å². The monoisotopic (exact) mass is 159 g/mol. The molecular formula is C6H13N3S. The molecule has 1 rings (SSSR count). The van der Waals surface area contributed by atoms with Crippen molar-refractivity contribution in [2.45, 2.75) is 12.6 Å². The van der Waals surface area contributed by atoms with Crippen LogP contribution < -0.4 is 11.5 Å². The van der Waals surface area contributed by atoms with Gasteiger partial charge in [0.25, 0.3) is 0 Å². The zero-order chi connectivity index (χ0) is 7.40. The van der Waals surface area contributed by atoms with Crippen molar-refractivity contribution in [2.75, 3.05) is 12.4 Å². The molecule has 58 valence electrons. The van der Waals surface area contributed by atoms with Crippen molar-refractivity contribution >= 4 is 11.8 Å². The van der Waals surface area contributed by atoms with E-state index in [0.717, 1.165) is 12.3 Å². The van der Waals surface area contributed by atoms with Crippen LogP contribution in [0.3, 0.4) is 0 Å². The Hall–Kier alpha value is -0.190. The smallest absolute Gasteiger partial charge is 0.0786 e. The van der Waals surface area contributed by atoms with E-state index in [-0.39, 0.29) is 6.17 Å². The van der Waals surface area contributed by atoms with E-state index < -0.39 is 0 Å². The maximum absolute atomic E-state index is 5.77. The van der Waals surface area contributed by atoms with E-state index in [1.54, 1.807) is 11.8 Å². The predicted octanol–water partition coefficient (Wildman–Crippen LogP) is 0.0975. The van der Waals surface area contributed by atoms with Gasteiger partial charge in [-0.25, -0.2) is 0 Å². The zero-order valence-corrected chi connectivity index (χ0v) is 6.68. The van der Waals surface area contributed by atoms with Gasteiger partial charge < -0.3 is 16.4 Å². The van der Waals surface area contributed by atoms with Crippen LogP contribution in [0, 0.1) is 0 Å². The number of hydrogen-bond donors (Lipinski definition) is 2. The highest BCUT2D eigenvalue weighted by atomic mass is 32.2. The average molecular weight is 159 g/mol. The Morgan fingerprint density at radius 2 is 2.50 bits per heavy atom. The summed E-state index contributed by atoms with van der Waals surface area (Å²) in [5.41, 5.74) is 11.1. The van der Waals surface area contributed by atoms with E-state index in [4.69, 9.17) is 11.5 Å². The van der Waals surface area contributed by atoms with Gasteiger partial charge >= 0.3 is 0 Å². The maximum Gasteiger partial charge on any atom is 0.0786 e. The maximum atomic E-state index is 5.77. The van der Waals surface area contributed by atoms with Crippen molar-refractivity contribution in [1.82, 2.24) is 4.90 Å². The normalized spacial score (nSPS) is 20.0. The van der Waals surface area contributed by atoms with E-state index in [1.807, 2.05) is 6.20 Å². The first-order chi connectivity index (χ1) is 4.84. The van der Waals surface area contributed by atoms with Gasteiger partial charge in [-0.05, 0) is 18.4 Å². The second kappa shape index (κ2) is 3.85. The van der Waals surface area contributed by atoms with Gasteiger partial charge in [0.2, 0.25) is 0 Å². The summed E-state index contributed by atoms with van der Waals surface area (Å²) < 4.78 is 0. The lowest BCUT2D eigenvalue weighted by molar-refractivity contribution is 0.316. The van der Waals surface area contributed by atoms with Crippen LogP contribution in [0.15, 0.2) is 11.6 Å². The Morgan fingerprint density at radius 1 is 1.70 bits per heavy atom. The molecule has 0 aromatic heterocycles. The Bertz CT molecular complexity index is 126. The van der Waals surface area contributed by atoms with Gasteiger partial charge in [-0.2, -0.15) is 0 Å². The molecule has 0 spiro atoms. The van der Waals surface area contributed by atoms with Crippen LogP contribution in [0.2, 0.25) is 0 Å². The van der Waals surface area contributed by atoms with Crippen LogP contribution in [0.1, 0.15) is 6.42 Å². The molecule has 0 bridgehead atoms. The minimum Gasteiger partial charge on any atom is -0.352 e. The molecule has 0 saturated carbocycles. The highest BCUT2D eigenvalue weighted by molar-refractivity contribution is 8.02. The number of nitrogens with two attached hydrogens (primary N) is 2. The minimum atomic E-state index is 0.108. The second-order valence-electron chi connectivity index (χ2n) is 2.24. The molecule has 4 heteroatoms. The van der Waals surface area contributed by atoms with E-state index in [2.05, 4.69) is 10.3 Å². The molecule has 0 fully saturated rings. The number of nitrogens with zero attached hydrogens (tertiary/aromatic N) is 1. The number of thioether (sulfide) groups is 1. The quantitative estimate of drug-likeness (QED) is 0.613. The van der Waals surface area contributed by atoms with Crippen LogP contribution in [0.4, 0.5) is 0 Å². The van der Waals surface area contributed by atoms with Crippen LogP contribution >= 0.6 is 11.8 Å². The van der Waals surface area contributed by atoms with Crippen molar-refractivity contribution in [1.29, 1.82) is 0 Å². The Labute approximate surface area is 65.4 Å². The fraction of sp³-hybridized carbons (Fsp3) is 0.667. The molecule has 1 unspecified atom stereocenters. The SMILES string of the molecule is NCCC(N)N1C=CSC1. The highest BCUT2D eigenvalue weighted by Crippen LogP contribution is 2.16. The van der Waals surface area contributed by atoms with E-state index in [1.165, 1.54) is 0 Å². The molecule has 1 atom stereocenters. The Morgan fingerprint density at radius 3 is 3.00 bits per heavy atom. The highest BCUT2D eigenvalue weighted by Gasteiger charge is 2.11. The third-order valence-corrected chi connectivity index (χ3v) is 2.22. The molecule has 0 aromatic rings. The molecule has 0 aromatic carbocycles. The Balaban J connectivity index is 2.26. The van der Waals surface area contributed by atoms with Crippen molar-refractivity contribution in [3.05, 3.63) is 11.6 Å². The summed E-state index contributed by atoms with van der Waals surface area (Å²) in [5, 5.41) is 2.05. The van der Waals surface area contributed by atoms with Crippen LogP contribution in [-0.2, 0) is 0 Å². The van der Waals surface area contributed by atoms with Gasteiger partial charge in [0.15, 0.2) is 0 Å². The Kier molecular flexibility index (Phi) is 3.05. The lowest BCUT2D eigenvalue weighted by Gasteiger charge is -2.22. The third-order valence-electron chi connectivity index (χ3n) is 1.46. The fourth-order valence-corrected chi connectivity index (χ4v) is 1.61. The molecule has 0 radical (unpaired) electrons. The van der Waals surface area contributed by atoms with E-state index >= 15 is 0 Å². The second-order valence-corrected chi connectivity index (χ2v) is 3.10. The lowest BCUT2D eigenvalue weighted by atomic mass is 10.3. The summed E-state index contributed by atoms with van der Waals surface area (Å²) in [7, 11) is 0. The largest absolute Gasteiger partial charge is 0.352 e. The van der Waals surface area contributed by atoms with Crippen molar-refractivity contribution in [2.24, 2.45) is 11.5 Å². The molecule has 3 nitrogen and oxygen atoms in total. The molecule has 1 aliphatic rings. The molecule has 4 N–H and O–H groups in total. The summed E-state index contributed by atoms with van der Waals surface area (Å²) in [6.45, 7) is 0.663. The van der Waals surface area contributed by atoms with E-state index in [0.29, 0.717) is 6.54 Å². The first kappa shape index (κ1) is 7.91. The predicted molar refractivity (Wildman–Crippen MR) is 45.1 cm³/mol. The zero-order valence-electron chi connectivity index (χ0n) is 5.86. The van der Waals surface area contributed by atoms with Gasteiger partial charge in [-0.15, -0.1) is 11.8 Å². The van der Waals surface area contributed by atoms with Crippen molar-refractivity contribution in [3.8, 4) is 0 Å². The van der Waals surface area contributed by atoms with Crippen LogP contribution in [-0.4, -0.2) is 23.5 Å². The summed E-state index contributed by atoms with van der Waals surface area (Å²) in [5.74, 6) is 0.973. The third kappa shape index (κ3) is 1.90. The summed E-state index contributed by atoms with van der Waals surface area (Å²) in [6, 6.07) is 0. The van der Waals surface area contributed by atoms with Crippen LogP contribution in [0.25, 0.3) is 0 Å². The van der Waals surface area contributed by atoms with Gasteiger partial charge in [0.1, 0.15) is 0 Å². The molecule has 0 amide bonds. The first-order valence-electron chi connectivity index (χ1n) is 3.34. The van der Waals surface area contributed by atoms with E-state index in [9.17, 15) is 0 Å². The molecule has 1 aliphatic heterocycles. The van der Waals surface area contributed by atoms with Gasteiger partial charge in [0, 0.05) is 6.20 Å². The molecule has 1 heterocycles. The summed E-state index contributed by atoms with van der Waals surface area (Å²) in [6.07, 6.45) is 2.99. The van der Waals surface area contributed by atoms with Crippen molar-refractivity contribution < 1.29 is 0 Å². The molecule has 0 aliphatic carbocycles. The number of hydrogen-bond acceptors (Lipinski definition) is 4.